The van der Waals surface area contributed by atoms with Gasteiger partial charge in [0.05, 0.1) is 30.6 Å². The van der Waals surface area contributed by atoms with Gasteiger partial charge in [0.15, 0.2) is 0 Å². The molecule has 10 nitrogen and oxygen atoms in total. The van der Waals surface area contributed by atoms with Gasteiger partial charge in [0.2, 0.25) is 5.91 Å². The van der Waals surface area contributed by atoms with Gasteiger partial charge >= 0.3 is 0 Å². The highest BCUT2D eigenvalue weighted by Crippen LogP contribution is 2.38. The molecule has 3 aliphatic heterocycles. The van der Waals surface area contributed by atoms with E-state index in [1.54, 1.807) is 41.4 Å². The molecule has 6 rings (SSSR count). The van der Waals surface area contributed by atoms with Crippen LogP contribution in [0.25, 0.3) is 0 Å². The van der Waals surface area contributed by atoms with Crippen molar-refractivity contribution in [3.8, 4) is 0 Å². The Kier molecular flexibility index (Phi) is 5.25. The van der Waals surface area contributed by atoms with Gasteiger partial charge in [0.25, 0.3) is 5.91 Å². The lowest BCUT2D eigenvalue weighted by atomic mass is 9.90. The van der Waals surface area contributed by atoms with Crippen LogP contribution in [0.4, 0.5) is 17.3 Å². The molecule has 1 aliphatic carbocycles. The molecule has 1 N–H and O–H groups in total. The molecule has 5 heterocycles. The first kappa shape index (κ1) is 21.7. The predicted octanol–water partition coefficient (Wildman–Crippen LogP) is 2.42. The molecular formula is C24H23ClN8O2. The number of hydrogen-bond donors (Lipinski definition) is 1. The number of amidine groups is 1. The molecular weight excluding hydrogens is 468 g/mol. The maximum Gasteiger partial charge on any atom is 0.262 e. The van der Waals surface area contributed by atoms with Crippen LogP contribution in [-0.2, 0) is 4.79 Å². The van der Waals surface area contributed by atoms with Crippen LogP contribution in [0.15, 0.2) is 59.1 Å². The molecule has 1 saturated heterocycles. The van der Waals surface area contributed by atoms with Gasteiger partial charge in [-0.2, -0.15) is 0 Å². The minimum Gasteiger partial charge on any atom is -0.352 e. The molecule has 4 aliphatic rings. The quantitative estimate of drug-likeness (QED) is 0.704. The fraction of sp³-hybridized carbons (Fsp3) is 0.333. The first-order chi connectivity index (χ1) is 17.0. The second-order valence-corrected chi connectivity index (χ2v) is 9.32. The number of nitrogens with one attached hydrogen (secondary N) is 1. The lowest BCUT2D eigenvalue weighted by Gasteiger charge is -2.40. The molecule has 35 heavy (non-hydrogen) atoms. The Bertz CT molecular complexity index is 1290. The van der Waals surface area contributed by atoms with E-state index in [1.807, 2.05) is 18.2 Å². The Balaban J connectivity index is 1.47. The van der Waals surface area contributed by atoms with Gasteiger partial charge in [-0.3, -0.25) is 24.5 Å². The maximum absolute atomic E-state index is 13.9. The third-order valence-corrected chi connectivity index (χ3v) is 7.16. The average Bonchev–Trinajstić information content (AvgIpc) is 3.36. The van der Waals surface area contributed by atoms with E-state index in [0.29, 0.717) is 47.0 Å². The third kappa shape index (κ3) is 3.47. The summed E-state index contributed by atoms with van der Waals surface area (Å²) in [5, 5.41) is 3.64. The fourth-order valence-corrected chi connectivity index (χ4v) is 5.43. The molecule has 11 heteroatoms. The van der Waals surface area contributed by atoms with Crippen molar-refractivity contribution in [1.82, 2.24) is 19.9 Å². The Labute approximate surface area is 207 Å². The normalized spacial score (nSPS) is 25.7. The zero-order valence-electron chi connectivity index (χ0n) is 19.0. The number of carbonyl (C=O) groups is 2. The van der Waals surface area contributed by atoms with E-state index in [1.165, 1.54) is 6.33 Å². The number of amides is 2. The van der Waals surface area contributed by atoms with Crippen LogP contribution in [-0.4, -0.2) is 69.8 Å². The highest BCUT2D eigenvalue weighted by molar-refractivity contribution is 6.34. The van der Waals surface area contributed by atoms with Crippen molar-refractivity contribution in [2.75, 3.05) is 35.4 Å². The number of fused-ring (bicyclic) bond motifs is 2. The topological polar surface area (TPSA) is 107 Å². The van der Waals surface area contributed by atoms with Crippen molar-refractivity contribution in [2.24, 2.45) is 10.9 Å². The van der Waals surface area contributed by atoms with Crippen LogP contribution in [0.3, 0.4) is 0 Å². The van der Waals surface area contributed by atoms with E-state index in [9.17, 15) is 9.59 Å². The summed E-state index contributed by atoms with van der Waals surface area (Å²) in [6.07, 6.45) is 11.9. The summed E-state index contributed by atoms with van der Waals surface area (Å²) < 4.78 is 0. The number of allylic oxidation sites excluding steroid dienone is 2. The number of rotatable bonds is 3. The molecule has 0 bridgehead atoms. The lowest BCUT2D eigenvalue weighted by Crippen LogP contribution is -2.56. The number of nitrogens with zero attached hydrogens (tertiary/aromatic N) is 7. The van der Waals surface area contributed by atoms with Crippen LogP contribution in [0.2, 0.25) is 0 Å². The SMILES string of the molecule is CN1CNc2ncnc(N3CCCC3C3=NC4C=CC=C(Cl)C4C(=O)N3c3cccnc3)c2C1=O. The van der Waals surface area contributed by atoms with Crippen molar-refractivity contribution in [3.05, 3.63) is 59.7 Å². The van der Waals surface area contributed by atoms with Crippen LogP contribution >= 0.6 is 11.6 Å². The van der Waals surface area contributed by atoms with Crippen molar-refractivity contribution >= 4 is 46.6 Å². The Morgan fingerprint density at radius 1 is 1.23 bits per heavy atom. The van der Waals surface area contributed by atoms with E-state index in [0.717, 1.165) is 12.8 Å². The Morgan fingerprint density at radius 3 is 2.94 bits per heavy atom. The van der Waals surface area contributed by atoms with E-state index in [4.69, 9.17) is 16.6 Å². The Morgan fingerprint density at radius 2 is 2.11 bits per heavy atom. The average molecular weight is 491 g/mol. The number of halogens is 1. The second-order valence-electron chi connectivity index (χ2n) is 8.89. The lowest BCUT2D eigenvalue weighted by molar-refractivity contribution is -0.120. The van der Waals surface area contributed by atoms with Crippen LogP contribution in [0.5, 0.6) is 0 Å². The minimum absolute atomic E-state index is 0.141. The van der Waals surface area contributed by atoms with Crippen LogP contribution < -0.4 is 15.1 Å². The fourth-order valence-electron chi connectivity index (χ4n) is 5.13. The molecule has 2 aromatic heterocycles. The number of aliphatic imine (C=N–C) groups is 1. The maximum atomic E-state index is 13.9. The second kappa shape index (κ2) is 8.46. The Hall–Kier alpha value is -3.79. The molecule has 3 unspecified atom stereocenters. The van der Waals surface area contributed by atoms with Gasteiger partial charge in [0, 0.05) is 24.8 Å². The van der Waals surface area contributed by atoms with E-state index in [-0.39, 0.29) is 23.9 Å². The minimum atomic E-state index is -0.577. The first-order valence-corrected chi connectivity index (χ1v) is 11.9. The number of carbonyl (C=O) groups excluding carboxylic acids is 2. The monoisotopic (exact) mass is 490 g/mol. The zero-order valence-corrected chi connectivity index (χ0v) is 19.8. The van der Waals surface area contributed by atoms with Crippen molar-refractivity contribution in [3.63, 3.8) is 0 Å². The van der Waals surface area contributed by atoms with Gasteiger partial charge in [-0.05, 0) is 31.1 Å². The molecule has 0 radical (unpaired) electrons. The predicted molar refractivity (Wildman–Crippen MR) is 132 cm³/mol. The molecule has 3 atom stereocenters. The molecule has 1 fully saturated rings. The van der Waals surface area contributed by atoms with Crippen molar-refractivity contribution in [1.29, 1.82) is 0 Å². The molecule has 0 spiro atoms. The van der Waals surface area contributed by atoms with Gasteiger partial charge in [-0.25, -0.2) is 9.97 Å². The first-order valence-electron chi connectivity index (χ1n) is 11.5. The standard InChI is InChI=1S/C24H23ClN8O2/c1-31-13-29-20-19(23(31)34)22(28-12-27-20)32-10-4-8-17(32)21-30-16-7-2-6-15(25)18(16)24(35)33(21)14-5-3-9-26-11-14/h2-3,5-7,9,11-12,16-18H,4,8,10,13H2,1H3,(H,27,28,29). The van der Waals surface area contributed by atoms with Gasteiger partial charge in [-0.15, -0.1) is 0 Å². The summed E-state index contributed by atoms with van der Waals surface area (Å²) in [6, 6.07) is 2.97. The molecule has 2 amide bonds. The summed E-state index contributed by atoms with van der Waals surface area (Å²) in [5.74, 6) is 0.802. The summed E-state index contributed by atoms with van der Waals surface area (Å²) in [7, 11) is 1.73. The largest absolute Gasteiger partial charge is 0.352 e. The highest BCUT2D eigenvalue weighted by Gasteiger charge is 2.46. The van der Waals surface area contributed by atoms with Gasteiger partial charge in [0.1, 0.15) is 35.3 Å². The number of aromatic nitrogens is 3. The number of hydrogen-bond acceptors (Lipinski definition) is 8. The van der Waals surface area contributed by atoms with E-state index in [2.05, 4.69) is 25.2 Å². The van der Waals surface area contributed by atoms with Crippen LogP contribution in [0, 0.1) is 5.92 Å². The van der Waals surface area contributed by atoms with Gasteiger partial charge < -0.3 is 15.1 Å². The number of pyridine rings is 1. The summed E-state index contributed by atoms with van der Waals surface area (Å²) in [6.45, 7) is 1.05. The highest BCUT2D eigenvalue weighted by atomic mass is 35.5. The van der Waals surface area contributed by atoms with Crippen LogP contribution in [0.1, 0.15) is 23.2 Å². The third-order valence-electron chi connectivity index (χ3n) is 6.80. The molecule has 178 valence electrons. The summed E-state index contributed by atoms with van der Waals surface area (Å²) in [4.78, 5) is 50.3. The summed E-state index contributed by atoms with van der Waals surface area (Å²) in [5.41, 5.74) is 1.06. The van der Waals surface area contributed by atoms with Crippen molar-refractivity contribution < 1.29 is 9.59 Å². The molecule has 0 aromatic carbocycles. The summed E-state index contributed by atoms with van der Waals surface area (Å²) >= 11 is 6.48. The van der Waals surface area contributed by atoms with Gasteiger partial charge in [-0.1, -0.05) is 23.8 Å². The smallest absolute Gasteiger partial charge is 0.262 e. The number of anilines is 3. The molecule has 0 saturated carbocycles. The zero-order chi connectivity index (χ0) is 24.1. The van der Waals surface area contributed by atoms with E-state index < -0.39 is 5.92 Å². The van der Waals surface area contributed by atoms with E-state index >= 15 is 0 Å². The van der Waals surface area contributed by atoms with Crippen molar-refractivity contribution in [2.45, 2.75) is 24.9 Å². The molecule has 2 aromatic rings.